The molecular formula is C19H28N2O7. The predicted octanol–water partition coefficient (Wildman–Crippen LogP) is 1.60. The van der Waals surface area contributed by atoms with Crippen LogP contribution in [0.5, 0.6) is 11.5 Å². The smallest absolute Gasteiger partial charge is 0.408 e. The maximum absolute atomic E-state index is 12.6. The minimum Gasteiger partial charge on any atom is -0.504 e. The van der Waals surface area contributed by atoms with Crippen molar-refractivity contribution in [2.75, 3.05) is 7.11 Å². The van der Waals surface area contributed by atoms with Crippen LogP contribution in [0.15, 0.2) is 18.2 Å². The summed E-state index contributed by atoms with van der Waals surface area (Å²) in [6.45, 7) is 8.01. The third-order valence-electron chi connectivity index (χ3n) is 3.65. The van der Waals surface area contributed by atoms with Crippen LogP contribution in [-0.4, -0.2) is 52.5 Å². The maximum Gasteiger partial charge on any atom is 0.408 e. The number of nitrogens with one attached hydrogen (secondary N) is 2. The highest BCUT2D eigenvalue weighted by Gasteiger charge is 2.34. The highest BCUT2D eigenvalue weighted by atomic mass is 16.6. The molecule has 0 unspecified atom stereocenters. The van der Waals surface area contributed by atoms with Gasteiger partial charge in [0.2, 0.25) is 5.91 Å². The Bertz CT molecular complexity index is 738. The van der Waals surface area contributed by atoms with Crippen molar-refractivity contribution >= 4 is 18.0 Å². The Morgan fingerprint density at radius 3 is 2.18 bits per heavy atom. The molecule has 0 radical (unpaired) electrons. The van der Waals surface area contributed by atoms with E-state index in [1.54, 1.807) is 20.8 Å². The van der Waals surface area contributed by atoms with E-state index in [2.05, 4.69) is 10.6 Å². The normalized spacial score (nSPS) is 12.6. The zero-order chi connectivity index (χ0) is 21.7. The predicted molar refractivity (Wildman–Crippen MR) is 101 cm³/mol. The Hall–Kier alpha value is -2.97. The Balaban J connectivity index is 2.89. The van der Waals surface area contributed by atoms with Gasteiger partial charge < -0.3 is 30.3 Å². The molecule has 0 saturated carbocycles. The number of methoxy groups -OCH3 is 1. The number of phenols is 2. The van der Waals surface area contributed by atoms with Crippen molar-refractivity contribution in [1.29, 1.82) is 0 Å². The molecule has 0 aliphatic carbocycles. The second-order valence-corrected chi connectivity index (χ2v) is 7.83. The standard InChI is InChI=1S/C19H28N2O7/c1-18(2,3)28-17(26)21-19(4,5)16(25)20-12(15(24)27-6)9-11-7-8-13(22)14(23)10-11/h7-8,10,12,22-23H,9H2,1-6H3,(H,20,25)(H,21,26)/t12-/m0/s1. The number of ether oxygens (including phenoxy) is 2. The van der Waals surface area contributed by atoms with Crippen molar-refractivity contribution in [3.05, 3.63) is 23.8 Å². The number of esters is 1. The molecule has 1 rings (SSSR count). The van der Waals surface area contributed by atoms with Crippen molar-refractivity contribution < 1.29 is 34.1 Å². The highest BCUT2D eigenvalue weighted by Crippen LogP contribution is 2.25. The molecule has 0 spiro atoms. The number of benzene rings is 1. The molecule has 0 heterocycles. The molecule has 0 aliphatic rings. The van der Waals surface area contributed by atoms with E-state index in [4.69, 9.17) is 9.47 Å². The second-order valence-electron chi connectivity index (χ2n) is 7.83. The van der Waals surface area contributed by atoms with E-state index >= 15 is 0 Å². The molecule has 28 heavy (non-hydrogen) atoms. The van der Waals surface area contributed by atoms with Crippen LogP contribution in [-0.2, 0) is 25.5 Å². The Morgan fingerprint density at radius 1 is 1.07 bits per heavy atom. The molecular weight excluding hydrogens is 368 g/mol. The van der Waals surface area contributed by atoms with Gasteiger partial charge in [-0.15, -0.1) is 0 Å². The molecule has 1 aromatic carbocycles. The van der Waals surface area contributed by atoms with Crippen molar-refractivity contribution in [2.24, 2.45) is 0 Å². The largest absolute Gasteiger partial charge is 0.504 e. The van der Waals surface area contributed by atoms with Gasteiger partial charge in [0.1, 0.15) is 17.2 Å². The fourth-order valence-corrected chi connectivity index (χ4v) is 2.22. The molecule has 0 bridgehead atoms. The number of phenolic OH excluding ortho intramolecular Hbond substituents is 2. The van der Waals surface area contributed by atoms with Gasteiger partial charge in [-0.05, 0) is 52.3 Å². The molecule has 9 nitrogen and oxygen atoms in total. The maximum atomic E-state index is 12.6. The summed E-state index contributed by atoms with van der Waals surface area (Å²) in [7, 11) is 1.18. The lowest BCUT2D eigenvalue weighted by atomic mass is 10.0. The summed E-state index contributed by atoms with van der Waals surface area (Å²) in [5.74, 6) is -1.98. The molecule has 0 saturated heterocycles. The first-order chi connectivity index (χ1) is 12.7. The average molecular weight is 396 g/mol. The first-order valence-electron chi connectivity index (χ1n) is 8.66. The lowest BCUT2D eigenvalue weighted by molar-refractivity contribution is -0.145. The summed E-state index contributed by atoms with van der Waals surface area (Å²) >= 11 is 0. The van der Waals surface area contributed by atoms with Crippen LogP contribution in [0.1, 0.15) is 40.2 Å². The summed E-state index contributed by atoms with van der Waals surface area (Å²) in [6.07, 6.45) is -0.764. The number of hydrogen-bond acceptors (Lipinski definition) is 7. The topological polar surface area (TPSA) is 134 Å². The monoisotopic (exact) mass is 396 g/mol. The second kappa shape index (κ2) is 8.81. The third-order valence-corrected chi connectivity index (χ3v) is 3.65. The molecule has 0 aromatic heterocycles. The highest BCUT2D eigenvalue weighted by molar-refractivity contribution is 5.92. The number of hydrogen-bond donors (Lipinski definition) is 4. The van der Waals surface area contributed by atoms with E-state index in [9.17, 15) is 24.6 Å². The summed E-state index contributed by atoms with van der Waals surface area (Å²) in [5, 5.41) is 24.0. The van der Waals surface area contributed by atoms with Gasteiger partial charge in [-0.25, -0.2) is 9.59 Å². The van der Waals surface area contributed by atoms with Crippen molar-refractivity contribution in [3.8, 4) is 11.5 Å². The summed E-state index contributed by atoms with van der Waals surface area (Å²) in [6, 6.07) is 2.98. The van der Waals surface area contributed by atoms with Crippen LogP contribution >= 0.6 is 0 Å². The third kappa shape index (κ3) is 6.98. The molecule has 1 atom stereocenters. The van der Waals surface area contributed by atoms with Crippen LogP contribution in [0.2, 0.25) is 0 Å². The first-order valence-corrected chi connectivity index (χ1v) is 8.66. The molecule has 4 N–H and O–H groups in total. The number of aromatic hydroxyl groups is 2. The Labute approximate surface area is 164 Å². The zero-order valence-electron chi connectivity index (χ0n) is 17.0. The van der Waals surface area contributed by atoms with E-state index in [-0.39, 0.29) is 17.9 Å². The average Bonchev–Trinajstić information content (AvgIpc) is 2.54. The SMILES string of the molecule is COC(=O)[C@H](Cc1ccc(O)c(O)c1)NC(=O)C(C)(C)NC(=O)OC(C)(C)C. The number of carbonyl (C=O) groups excluding carboxylic acids is 3. The number of amides is 2. The van der Waals surface area contributed by atoms with Crippen molar-refractivity contribution in [1.82, 2.24) is 10.6 Å². The van der Waals surface area contributed by atoms with Gasteiger partial charge in [0.05, 0.1) is 7.11 Å². The number of rotatable bonds is 6. The lowest BCUT2D eigenvalue weighted by Gasteiger charge is -2.29. The van der Waals surface area contributed by atoms with E-state index in [0.717, 1.165) is 0 Å². The van der Waals surface area contributed by atoms with Gasteiger partial charge in [0, 0.05) is 6.42 Å². The summed E-state index contributed by atoms with van der Waals surface area (Å²) in [4.78, 5) is 36.7. The van der Waals surface area contributed by atoms with Gasteiger partial charge in [0.15, 0.2) is 11.5 Å². The van der Waals surface area contributed by atoms with Gasteiger partial charge in [-0.2, -0.15) is 0 Å². The minimum absolute atomic E-state index is 0.00870. The molecule has 0 fully saturated rings. The quantitative estimate of drug-likeness (QED) is 0.424. The molecule has 156 valence electrons. The fourth-order valence-electron chi connectivity index (χ4n) is 2.22. The van der Waals surface area contributed by atoms with Crippen LogP contribution in [0, 0.1) is 0 Å². The van der Waals surface area contributed by atoms with Crippen LogP contribution in [0.4, 0.5) is 4.79 Å². The van der Waals surface area contributed by atoms with Crippen LogP contribution in [0.25, 0.3) is 0 Å². The van der Waals surface area contributed by atoms with Gasteiger partial charge in [-0.3, -0.25) is 4.79 Å². The van der Waals surface area contributed by atoms with E-state index < -0.39 is 35.2 Å². The summed E-state index contributed by atoms with van der Waals surface area (Å²) < 4.78 is 9.87. The molecule has 1 aromatic rings. The molecule has 2 amide bonds. The summed E-state index contributed by atoms with van der Waals surface area (Å²) in [5.41, 5.74) is -1.61. The molecule has 9 heteroatoms. The van der Waals surface area contributed by atoms with Gasteiger partial charge in [-0.1, -0.05) is 6.07 Å². The number of alkyl carbamates (subject to hydrolysis) is 1. The van der Waals surface area contributed by atoms with Crippen molar-refractivity contribution in [3.63, 3.8) is 0 Å². The Kier molecular flexibility index (Phi) is 7.26. The lowest BCUT2D eigenvalue weighted by Crippen LogP contribution is -2.58. The first kappa shape index (κ1) is 23.1. The van der Waals surface area contributed by atoms with Gasteiger partial charge in [0.25, 0.3) is 0 Å². The fraction of sp³-hybridized carbons (Fsp3) is 0.526. The van der Waals surface area contributed by atoms with Crippen LogP contribution in [0.3, 0.4) is 0 Å². The van der Waals surface area contributed by atoms with E-state index in [1.807, 2.05) is 0 Å². The molecule has 0 aliphatic heterocycles. The Morgan fingerprint density at radius 2 is 1.68 bits per heavy atom. The van der Waals surface area contributed by atoms with Gasteiger partial charge >= 0.3 is 12.1 Å². The number of carbonyl (C=O) groups is 3. The zero-order valence-corrected chi connectivity index (χ0v) is 17.0. The van der Waals surface area contributed by atoms with Crippen molar-refractivity contribution in [2.45, 2.75) is 58.2 Å². The minimum atomic E-state index is -1.37. The van der Waals surface area contributed by atoms with E-state index in [1.165, 1.54) is 39.2 Å². The van der Waals surface area contributed by atoms with Crippen LogP contribution < -0.4 is 10.6 Å². The van der Waals surface area contributed by atoms with E-state index in [0.29, 0.717) is 5.56 Å².